The molecule has 124 valence electrons. The Labute approximate surface area is 130 Å². The van der Waals surface area contributed by atoms with Gasteiger partial charge in [0.25, 0.3) is 0 Å². The predicted molar refractivity (Wildman–Crippen MR) is 81.4 cm³/mol. The highest BCUT2D eigenvalue weighted by Crippen LogP contribution is 2.21. The van der Waals surface area contributed by atoms with Gasteiger partial charge in [-0.2, -0.15) is 0 Å². The van der Waals surface area contributed by atoms with Crippen molar-refractivity contribution < 1.29 is 18.7 Å². The number of nitrogens with one attached hydrogen (secondary N) is 1. The van der Waals surface area contributed by atoms with E-state index in [1.54, 1.807) is 13.8 Å². The molecule has 1 aromatic carbocycles. The predicted octanol–water partition coefficient (Wildman–Crippen LogP) is 3.22. The molecule has 0 aliphatic carbocycles. The van der Waals surface area contributed by atoms with Crippen molar-refractivity contribution in [2.75, 3.05) is 6.54 Å². The fourth-order valence-corrected chi connectivity index (χ4v) is 2.23. The topological polar surface area (TPSA) is 52.6 Å². The Morgan fingerprint density at radius 3 is 2.45 bits per heavy atom. The van der Waals surface area contributed by atoms with Crippen molar-refractivity contribution in [1.82, 2.24) is 10.2 Å². The van der Waals surface area contributed by atoms with Gasteiger partial charge in [-0.15, -0.1) is 0 Å². The van der Waals surface area contributed by atoms with Gasteiger partial charge in [0.15, 0.2) is 0 Å². The van der Waals surface area contributed by atoms with Gasteiger partial charge in [-0.3, -0.25) is 0 Å². The zero-order chi connectivity index (χ0) is 16.9. The molecule has 2 N–H and O–H groups in total. The van der Waals surface area contributed by atoms with Gasteiger partial charge < -0.3 is 15.3 Å². The van der Waals surface area contributed by atoms with Crippen molar-refractivity contribution >= 4 is 6.03 Å². The monoisotopic (exact) mass is 314 g/mol. The van der Waals surface area contributed by atoms with Crippen LogP contribution in [0.5, 0.6) is 0 Å². The van der Waals surface area contributed by atoms with Gasteiger partial charge in [-0.25, -0.2) is 13.6 Å². The Balaban J connectivity index is 2.92. The van der Waals surface area contributed by atoms with E-state index in [9.17, 15) is 18.7 Å². The van der Waals surface area contributed by atoms with Crippen molar-refractivity contribution in [3.05, 3.63) is 35.4 Å². The molecule has 0 aliphatic rings. The van der Waals surface area contributed by atoms with Crippen LogP contribution in [0.2, 0.25) is 0 Å². The molecule has 0 radical (unpaired) electrons. The largest absolute Gasteiger partial charge is 0.392 e. The highest BCUT2D eigenvalue weighted by atomic mass is 19.1. The highest BCUT2D eigenvalue weighted by molar-refractivity contribution is 5.75. The first-order valence-electron chi connectivity index (χ1n) is 7.46. The quantitative estimate of drug-likeness (QED) is 0.847. The molecule has 2 unspecified atom stereocenters. The van der Waals surface area contributed by atoms with E-state index in [2.05, 4.69) is 5.32 Å². The molecular formula is C16H24F2N2O2. The number of carbonyl (C=O) groups excluding carboxylic acids is 1. The summed E-state index contributed by atoms with van der Waals surface area (Å²) in [5.74, 6) is -1.10. The summed E-state index contributed by atoms with van der Waals surface area (Å²) in [6.45, 7) is 7.19. The lowest BCUT2D eigenvalue weighted by Crippen LogP contribution is -2.48. The first-order valence-corrected chi connectivity index (χ1v) is 7.46. The number of urea groups is 1. The number of hydrogen-bond donors (Lipinski definition) is 2. The summed E-state index contributed by atoms with van der Waals surface area (Å²) in [7, 11) is 0. The zero-order valence-electron chi connectivity index (χ0n) is 13.4. The van der Waals surface area contributed by atoms with Gasteiger partial charge in [0.2, 0.25) is 0 Å². The minimum absolute atomic E-state index is 0.121. The van der Waals surface area contributed by atoms with Crippen LogP contribution in [-0.2, 0) is 0 Å². The highest BCUT2D eigenvalue weighted by Gasteiger charge is 2.23. The summed E-state index contributed by atoms with van der Waals surface area (Å²) < 4.78 is 27.2. The van der Waals surface area contributed by atoms with Gasteiger partial charge in [-0.1, -0.05) is 6.92 Å². The van der Waals surface area contributed by atoms with Crippen molar-refractivity contribution in [3.8, 4) is 0 Å². The maximum Gasteiger partial charge on any atom is 0.318 e. The Morgan fingerprint density at radius 2 is 1.95 bits per heavy atom. The lowest BCUT2D eigenvalue weighted by Gasteiger charge is -2.30. The summed E-state index contributed by atoms with van der Waals surface area (Å²) in [4.78, 5) is 13.8. The molecule has 2 atom stereocenters. The second-order valence-corrected chi connectivity index (χ2v) is 5.67. The van der Waals surface area contributed by atoms with Gasteiger partial charge in [0.1, 0.15) is 11.6 Å². The van der Waals surface area contributed by atoms with E-state index < -0.39 is 29.8 Å². The summed E-state index contributed by atoms with van der Waals surface area (Å²) in [5.41, 5.74) is 0.122. The molecule has 0 aromatic heterocycles. The molecule has 6 heteroatoms. The number of aliphatic hydroxyl groups is 1. The van der Waals surface area contributed by atoms with Gasteiger partial charge in [-0.05, 0) is 45.4 Å². The van der Waals surface area contributed by atoms with Crippen LogP contribution < -0.4 is 5.32 Å². The zero-order valence-corrected chi connectivity index (χ0v) is 13.4. The van der Waals surface area contributed by atoms with Gasteiger partial charge in [0, 0.05) is 18.2 Å². The summed E-state index contributed by atoms with van der Waals surface area (Å²) in [6.07, 6.45) is -0.244. The number of hydrogen-bond acceptors (Lipinski definition) is 2. The number of aliphatic hydroxyl groups excluding tert-OH is 1. The molecule has 2 amide bonds. The Morgan fingerprint density at radius 1 is 1.32 bits per heavy atom. The first-order chi connectivity index (χ1) is 10.3. The fraction of sp³-hybridized carbons (Fsp3) is 0.562. The number of halogens is 2. The number of carbonyl (C=O) groups is 1. The van der Waals surface area contributed by atoms with Gasteiger partial charge >= 0.3 is 6.03 Å². The molecule has 0 saturated carbocycles. The molecule has 0 fully saturated rings. The van der Waals surface area contributed by atoms with E-state index in [0.29, 0.717) is 6.42 Å². The van der Waals surface area contributed by atoms with E-state index >= 15 is 0 Å². The molecule has 1 aromatic rings. The summed E-state index contributed by atoms with van der Waals surface area (Å²) in [6, 6.07) is 2.03. The third-order valence-electron chi connectivity index (χ3n) is 3.38. The second-order valence-electron chi connectivity index (χ2n) is 5.67. The minimum Gasteiger partial charge on any atom is -0.392 e. The van der Waals surface area contributed by atoms with Crippen LogP contribution in [0, 0.1) is 11.6 Å². The van der Waals surface area contributed by atoms with Crippen molar-refractivity contribution in [1.29, 1.82) is 0 Å². The van der Waals surface area contributed by atoms with Crippen molar-refractivity contribution in [2.45, 2.75) is 52.3 Å². The molecule has 4 nitrogen and oxygen atoms in total. The maximum atomic E-state index is 13.9. The lowest BCUT2D eigenvalue weighted by atomic mass is 10.0. The summed E-state index contributed by atoms with van der Waals surface area (Å²) in [5, 5.41) is 12.2. The van der Waals surface area contributed by atoms with Crippen LogP contribution in [0.15, 0.2) is 18.2 Å². The molecule has 0 aliphatic heterocycles. The normalized spacial score (nSPS) is 13.8. The van der Waals surface area contributed by atoms with E-state index in [1.165, 1.54) is 4.90 Å². The average Bonchev–Trinajstić information content (AvgIpc) is 2.44. The molecule has 22 heavy (non-hydrogen) atoms. The fourth-order valence-electron chi connectivity index (χ4n) is 2.23. The van der Waals surface area contributed by atoms with Crippen LogP contribution in [0.4, 0.5) is 13.6 Å². The number of nitrogens with zero attached hydrogens (tertiary/aromatic N) is 1. The second kappa shape index (κ2) is 8.08. The molecular weight excluding hydrogens is 290 g/mol. The maximum absolute atomic E-state index is 13.9. The molecule has 0 saturated heterocycles. The van der Waals surface area contributed by atoms with Crippen molar-refractivity contribution in [2.24, 2.45) is 0 Å². The summed E-state index contributed by atoms with van der Waals surface area (Å²) >= 11 is 0. The van der Waals surface area contributed by atoms with Crippen molar-refractivity contribution in [3.63, 3.8) is 0 Å². The smallest absolute Gasteiger partial charge is 0.318 e. The van der Waals surface area contributed by atoms with Crippen LogP contribution in [-0.4, -0.2) is 34.7 Å². The lowest BCUT2D eigenvalue weighted by molar-refractivity contribution is 0.117. The average molecular weight is 314 g/mol. The molecule has 0 heterocycles. The number of rotatable bonds is 6. The van der Waals surface area contributed by atoms with E-state index in [4.69, 9.17) is 0 Å². The van der Waals surface area contributed by atoms with Crippen LogP contribution >= 0.6 is 0 Å². The number of amides is 2. The Bertz CT molecular complexity index is 507. The third-order valence-corrected chi connectivity index (χ3v) is 3.38. The Kier molecular flexibility index (Phi) is 6.74. The van der Waals surface area contributed by atoms with Crippen LogP contribution in [0.1, 0.15) is 45.7 Å². The molecule has 0 bridgehead atoms. The standard InChI is InChI=1S/C16H24F2N2O2/c1-5-15(13-8-12(17)6-7-14(13)18)19-16(22)20(10(2)3)9-11(4)21/h6-8,10-11,15,21H,5,9H2,1-4H3,(H,19,22). The molecule has 1 rings (SSSR count). The molecule has 0 spiro atoms. The minimum atomic E-state index is -0.667. The third kappa shape index (κ3) is 4.94. The van der Waals surface area contributed by atoms with Crippen LogP contribution in [0.25, 0.3) is 0 Å². The first kappa shape index (κ1) is 18.4. The Hall–Kier alpha value is -1.69. The van der Waals surface area contributed by atoms with E-state index in [0.717, 1.165) is 18.2 Å². The van der Waals surface area contributed by atoms with Gasteiger partial charge in [0.05, 0.1) is 12.1 Å². The number of benzene rings is 1. The van der Waals surface area contributed by atoms with Crippen LogP contribution in [0.3, 0.4) is 0 Å². The SMILES string of the molecule is CCC(NC(=O)N(CC(C)O)C(C)C)c1cc(F)ccc1F. The van der Waals surface area contributed by atoms with E-state index in [-0.39, 0.29) is 18.2 Å². The van der Waals surface area contributed by atoms with E-state index in [1.807, 2.05) is 13.8 Å².